The van der Waals surface area contributed by atoms with Crippen molar-refractivity contribution in [2.24, 2.45) is 0 Å². The van der Waals surface area contributed by atoms with Crippen LogP contribution >= 0.6 is 12.4 Å². The molecule has 0 aromatic heterocycles. The zero-order valence-electron chi connectivity index (χ0n) is 7.36. The van der Waals surface area contributed by atoms with Gasteiger partial charge in [-0.25, -0.2) is 0 Å². The fourth-order valence-electron chi connectivity index (χ4n) is 0.478. The first-order valence-electron chi connectivity index (χ1n) is 3.29. The molecule has 0 aliphatic rings. The molecule has 1 nitrogen and oxygen atoms in total. The van der Waals surface area contributed by atoms with E-state index in [4.69, 9.17) is 5.11 Å². The van der Waals surface area contributed by atoms with Crippen LogP contribution in [-0.2, 0) is 19.5 Å². The molecule has 0 bridgehead atoms. The largest absolute Gasteiger partial charge is 0.397 e. The van der Waals surface area contributed by atoms with E-state index >= 15 is 0 Å². The van der Waals surface area contributed by atoms with Crippen molar-refractivity contribution in [2.45, 2.75) is 6.92 Å². The summed E-state index contributed by atoms with van der Waals surface area (Å²) in [5.41, 5.74) is 1.07. The second-order valence-corrected chi connectivity index (χ2v) is 1.80. The Morgan fingerprint density at radius 3 is 1.75 bits per heavy atom. The van der Waals surface area contributed by atoms with Gasteiger partial charge in [-0.05, 0) is 6.92 Å². The minimum Gasteiger partial charge on any atom is -0.397 e. The molecule has 1 N–H and O–H groups in total. The van der Waals surface area contributed by atoms with Gasteiger partial charge >= 0.3 is 0 Å². The molecule has 0 radical (unpaired) electrons. The van der Waals surface area contributed by atoms with Crippen molar-refractivity contribution >= 4 is 12.4 Å². The summed E-state index contributed by atoms with van der Waals surface area (Å²) in [6.45, 7) is 5.65. The number of rotatable bonds is 0. The Hall–Kier alpha value is -0.0366. The molecular formula is C9H14ClOZn-. The molecule has 0 saturated heterocycles. The summed E-state index contributed by atoms with van der Waals surface area (Å²) in [7, 11) is 0. The molecule has 0 aliphatic carbocycles. The average Bonchev–Trinajstić information content (AvgIpc) is 1.91. The molecule has 0 aliphatic heterocycles. The Kier molecular flexibility index (Phi) is 20.2. The Balaban J connectivity index is -0.000000146. The van der Waals surface area contributed by atoms with Crippen molar-refractivity contribution in [2.75, 3.05) is 6.61 Å². The molecular weight excluding hydrogens is 225 g/mol. The quantitative estimate of drug-likeness (QED) is 0.544. The van der Waals surface area contributed by atoms with Crippen LogP contribution in [0.25, 0.3) is 0 Å². The average molecular weight is 239 g/mol. The number of halogens is 1. The van der Waals surface area contributed by atoms with Gasteiger partial charge in [-0.1, -0.05) is 6.07 Å². The van der Waals surface area contributed by atoms with Crippen LogP contribution in [0.4, 0.5) is 0 Å². The Morgan fingerprint density at radius 2 is 1.58 bits per heavy atom. The van der Waals surface area contributed by atoms with E-state index in [1.54, 1.807) is 6.92 Å². The molecule has 1 rings (SSSR count). The van der Waals surface area contributed by atoms with Crippen LogP contribution in [-0.4, -0.2) is 11.7 Å². The van der Waals surface area contributed by atoms with Crippen molar-refractivity contribution in [1.82, 2.24) is 0 Å². The van der Waals surface area contributed by atoms with Crippen LogP contribution in [0.15, 0.2) is 30.3 Å². The van der Waals surface area contributed by atoms with Gasteiger partial charge in [-0.3, -0.25) is 0 Å². The van der Waals surface area contributed by atoms with Gasteiger partial charge in [0.15, 0.2) is 0 Å². The first kappa shape index (κ1) is 17.9. The van der Waals surface area contributed by atoms with Gasteiger partial charge in [0.05, 0.1) is 0 Å². The molecule has 3 heteroatoms. The molecule has 0 saturated carbocycles. The Labute approximate surface area is 93.4 Å². The molecule has 0 fully saturated rings. The summed E-state index contributed by atoms with van der Waals surface area (Å²) in [5, 5.41) is 7.57. The van der Waals surface area contributed by atoms with Crippen molar-refractivity contribution in [3.8, 4) is 0 Å². The molecule has 1 aromatic rings. The number of benzene rings is 1. The van der Waals surface area contributed by atoms with E-state index in [0.29, 0.717) is 0 Å². The first-order valence-corrected chi connectivity index (χ1v) is 3.29. The molecule has 0 spiro atoms. The second-order valence-electron chi connectivity index (χ2n) is 1.80. The SMILES string of the molecule is CCO.Cl.[CH2-]c1ccccc1.[Zn]. The van der Waals surface area contributed by atoms with E-state index < -0.39 is 0 Å². The summed E-state index contributed by atoms with van der Waals surface area (Å²) < 4.78 is 0. The molecule has 0 unspecified atom stereocenters. The van der Waals surface area contributed by atoms with E-state index in [1.807, 2.05) is 30.3 Å². The van der Waals surface area contributed by atoms with Gasteiger partial charge in [0, 0.05) is 26.1 Å². The maximum Gasteiger partial charge on any atom is 0.0402 e. The van der Waals surface area contributed by atoms with Gasteiger partial charge in [0.25, 0.3) is 0 Å². The van der Waals surface area contributed by atoms with E-state index in [-0.39, 0.29) is 38.5 Å². The van der Waals surface area contributed by atoms with Crippen molar-refractivity contribution in [3.63, 3.8) is 0 Å². The Bertz CT molecular complexity index is 156. The monoisotopic (exact) mass is 237 g/mol. The number of hydrogen-bond acceptors (Lipinski definition) is 1. The molecule has 0 atom stereocenters. The summed E-state index contributed by atoms with van der Waals surface area (Å²) in [5.74, 6) is 0. The van der Waals surface area contributed by atoms with Crippen LogP contribution in [0.1, 0.15) is 12.5 Å². The fraction of sp³-hybridized carbons (Fsp3) is 0.222. The zero-order chi connectivity index (χ0) is 7.82. The predicted molar refractivity (Wildman–Crippen MR) is 50.9 cm³/mol. The summed E-state index contributed by atoms with van der Waals surface area (Å²) in [6, 6.07) is 9.87. The molecule has 66 valence electrons. The van der Waals surface area contributed by atoms with Crippen LogP contribution in [0.2, 0.25) is 0 Å². The van der Waals surface area contributed by atoms with Crippen LogP contribution in [0.5, 0.6) is 0 Å². The van der Waals surface area contributed by atoms with Crippen LogP contribution < -0.4 is 0 Å². The normalized spacial score (nSPS) is 6.50. The molecule has 0 heterocycles. The van der Waals surface area contributed by atoms with E-state index in [2.05, 4.69) is 6.92 Å². The number of aliphatic hydroxyl groups is 1. The van der Waals surface area contributed by atoms with Crippen molar-refractivity contribution in [1.29, 1.82) is 0 Å². The van der Waals surface area contributed by atoms with Crippen LogP contribution in [0, 0.1) is 6.92 Å². The molecule has 0 amide bonds. The van der Waals surface area contributed by atoms with Gasteiger partial charge < -0.3 is 5.11 Å². The van der Waals surface area contributed by atoms with Gasteiger partial charge in [0.1, 0.15) is 0 Å². The number of aliphatic hydroxyl groups excluding tert-OH is 1. The van der Waals surface area contributed by atoms with E-state index in [1.165, 1.54) is 0 Å². The predicted octanol–water partition coefficient (Wildman–Crippen LogP) is 2.29. The minimum atomic E-state index is 0. The van der Waals surface area contributed by atoms with Gasteiger partial charge in [-0.2, -0.15) is 24.6 Å². The van der Waals surface area contributed by atoms with Gasteiger partial charge in [-0.15, -0.1) is 24.5 Å². The zero-order valence-corrected chi connectivity index (χ0v) is 11.1. The van der Waals surface area contributed by atoms with E-state index in [9.17, 15) is 0 Å². The van der Waals surface area contributed by atoms with Gasteiger partial charge in [0.2, 0.25) is 0 Å². The summed E-state index contributed by atoms with van der Waals surface area (Å²) in [6.07, 6.45) is 0. The maximum absolute atomic E-state index is 7.57. The van der Waals surface area contributed by atoms with Crippen LogP contribution in [0.3, 0.4) is 0 Å². The topological polar surface area (TPSA) is 20.2 Å². The first-order chi connectivity index (χ1) is 4.81. The third kappa shape index (κ3) is 12.6. The summed E-state index contributed by atoms with van der Waals surface area (Å²) >= 11 is 0. The van der Waals surface area contributed by atoms with E-state index in [0.717, 1.165) is 5.56 Å². The Morgan fingerprint density at radius 1 is 1.25 bits per heavy atom. The maximum atomic E-state index is 7.57. The smallest absolute Gasteiger partial charge is 0.0402 e. The third-order valence-electron chi connectivity index (χ3n) is 0.843. The summed E-state index contributed by atoms with van der Waals surface area (Å²) in [4.78, 5) is 0. The van der Waals surface area contributed by atoms with Crippen molar-refractivity contribution < 1.29 is 24.6 Å². The third-order valence-corrected chi connectivity index (χ3v) is 0.843. The standard InChI is InChI=1S/C7H7.C2H6O.ClH.Zn/c1-7-5-3-2-4-6-7;1-2-3;;/h2-6H,1H2;3H,2H2,1H3;1H;/q-1;;;. The fourth-order valence-corrected chi connectivity index (χ4v) is 0.478. The number of hydrogen-bond donors (Lipinski definition) is 1. The molecule has 1 aromatic carbocycles. The van der Waals surface area contributed by atoms with Crippen molar-refractivity contribution in [3.05, 3.63) is 42.8 Å². The second kappa shape index (κ2) is 13.5. The molecule has 12 heavy (non-hydrogen) atoms. The minimum absolute atomic E-state index is 0.